The van der Waals surface area contributed by atoms with Crippen molar-refractivity contribution in [2.24, 2.45) is 0 Å². The molecule has 0 bridgehead atoms. The lowest BCUT2D eigenvalue weighted by Gasteiger charge is -2.19. The summed E-state index contributed by atoms with van der Waals surface area (Å²) in [5.41, 5.74) is 1.23. The van der Waals surface area contributed by atoms with Gasteiger partial charge in [-0.15, -0.1) is 11.3 Å². The van der Waals surface area contributed by atoms with Crippen LogP contribution < -0.4 is 5.32 Å². The van der Waals surface area contributed by atoms with E-state index in [0.717, 1.165) is 14.7 Å². The maximum atomic E-state index is 13.0. The molecule has 1 N–H and O–H groups in total. The highest BCUT2D eigenvalue weighted by atomic mass is 79.9. The van der Waals surface area contributed by atoms with E-state index in [-0.39, 0.29) is 22.4 Å². The van der Waals surface area contributed by atoms with Crippen molar-refractivity contribution >= 4 is 43.2 Å². The predicted molar refractivity (Wildman–Crippen MR) is 115 cm³/mol. The number of sulfonamides is 1. The zero-order valence-electron chi connectivity index (χ0n) is 15.3. The number of nitrogens with zero attached hydrogens (tertiary/aromatic N) is 1. The van der Waals surface area contributed by atoms with Crippen LogP contribution in [-0.2, 0) is 10.0 Å². The van der Waals surface area contributed by atoms with Crippen LogP contribution in [0.15, 0.2) is 75.4 Å². The van der Waals surface area contributed by atoms with Crippen LogP contribution in [0.5, 0.6) is 0 Å². The van der Waals surface area contributed by atoms with E-state index < -0.39 is 10.0 Å². The first-order chi connectivity index (χ1) is 13.3. The predicted octanol–water partition coefficient (Wildman–Crippen LogP) is 4.28. The van der Waals surface area contributed by atoms with Crippen LogP contribution in [0.4, 0.5) is 0 Å². The monoisotopic (exact) mass is 478 g/mol. The fourth-order valence-electron chi connectivity index (χ4n) is 2.67. The van der Waals surface area contributed by atoms with Gasteiger partial charge < -0.3 is 5.32 Å². The summed E-state index contributed by atoms with van der Waals surface area (Å²) < 4.78 is 26.6. The molecule has 1 aromatic heterocycles. The van der Waals surface area contributed by atoms with Gasteiger partial charge in [-0.25, -0.2) is 12.7 Å². The largest absolute Gasteiger partial charge is 0.340 e. The van der Waals surface area contributed by atoms with Crippen molar-refractivity contribution < 1.29 is 13.2 Å². The minimum Gasteiger partial charge on any atom is -0.340 e. The SMILES string of the molecule is CN(C)S(=O)(=O)c1cc(C(=O)NC(c2ccccc2)c2cccs2)ccc1Br. The van der Waals surface area contributed by atoms with Crippen LogP contribution in [0.2, 0.25) is 0 Å². The lowest BCUT2D eigenvalue weighted by atomic mass is 10.0. The van der Waals surface area contributed by atoms with Crippen molar-refractivity contribution in [1.82, 2.24) is 9.62 Å². The number of carbonyl (C=O) groups excluding carboxylic acids is 1. The molecule has 5 nitrogen and oxygen atoms in total. The first kappa shape index (κ1) is 20.7. The highest BCUT2D eigenvalue weighted by Gasteiger charge is 2.24. The Morgan fingerprint density at radius 3 is 2.39 bits per heavy atom. The molecule has 0 aliphatic rings. The quantitative estimate of drug-likeness (QED) is 0.574. The van der Waals surface area contributed by atoms with Crippen LogP contribution >= 0.6 is 27.3 Å². The summed E-state index contributed by atoms with van der Waals surface area (Å²) in [4.78, 5) is 14.0. The second kappa shape index (κ2) is 8.57. The van der Waals surface area contributed by atoms with E-state index in [1.807, 2.05) is 47.8 Å². The summed E-state index contributed by atoms with van der Waals surface area (Å²) in [6, 6.07) is 17.8. The standard InChI is InChI=1S/C20H19BrN2O3S2/c1-23(2)28(25,26)18-13-15(10-11-16(18)21)20(24)22-19(17-9-6-12-27-17)14-7-4-3-5-8-14/h3-13,19H,1-2H3,(H,22,24). The molecule has 1 atom stereocenters. The third kappa shape index (κ3) is 4.35. The van der Waals surface area contributed by atoms with Crippen LogP contribution in [0.1, 0.15) is 26.8 Å². The Morgan fingerprint density at radius 2 is 1.79 bits per heavy atom. The molecule has 0 fully saturated rings. The molecule has 0 aliphatic carbocycles. The molecule has 0 radical (unpaired) electrons. The molecule has 1 unspecified atom stereocenters. The van der Waals surface area contributed by atoms with E-state index in [1.54, 1.807) is 23.5 Å². The van der Waals surface area contributed by atoms with Gasteiger partial charge >= 0.3 is 0 Å². The zero-order chi connectivity index (χ0) is 20.3. The van der Waals surface area contributed by atoms with Gasteiger partial charge in [0.2, 0.25) is 10.0 Å². The second-order valence-electron chi connectivity index (χ2n) is 6.27. The Kier molecular flexibility index (Phi) is 6.34. The fourth-order valence-corrected chi connectivity index (χ4v) is 5.32. The maximum Gasteiger partial charge on any atom is 0.252 e. The Labute approximate surface area is 177 Å². The van der Waals surface area contributed by atoms with Gasteiger partial charge in [0, 0.05) is 29.0 Å². The molecule has 0 spiro atoms. The number of carbonyl (C=O) groups is 1. The Bertz CT molecular complexity index is 1070. The molecule has 0 saturated carbocycles. The zero-order valence-corrected chi connectivity index (χ0v) is 18.5. The van der Waals surface area contributed by atoms with Gasteiger partial charge in [0.15, 0.2) is 0 Å². The Hall–Kier alpha value is -2.00. The summed E-state index contributed by atoms with van der Waals surface area (Å²) in [5.74, 6) is -0.343. The number of hydrogen-bond donors (Lipinski definition) is 1. The Morgan fingerprint density at radius 1 is 1.07 bits per heavy atom. The minimum atomic E-state index is -3.68. The molecule has 2 aromatic carbocycles. The third-order valence-corrected chi connectivity index (χ3v) is 7.93. The Balaban J connectivity index is 1.95. The van der Waals surface area contributed by atoms with E-state index in [4.69, 9.17) is 0 Å². The van der Waals surface area contributed by atoms with Crippen LogP contribution in [0.3, 0.4) is 0 Å². The molecule has 3 rings (SSSR count). The molecule has 3 aromatic rings. The normalized spacial score (nSPS) is 12.7. The van der Waals surface area contributed by atoms with Crippen molar-refractivity contribution in [3.63, 3.8) is 0 Å². The van der Waals surface area contributed by atoms with E-state index in [9.17, 15) is 13.2 Å². The van der Waals surface area contributed by atoms with Crippen molar-refractivity contribution in [2.75, 3.05) is 14.1 Å². The van der Waals surface area contributed by atoms with Crippen molar-refractivity contribution in [1.29, 1.82) is 0 Å². The molecular formula is C20H19BrN2O3S2. The van der Waals surface area contributed by atoms with Crippen LogP contribution in [0.25, 0.3) is 0 Å². The average Bonchev–Trinajstić information content (AvgIpc) is 3.21. The van der Waals surface area contributed by atoms with Crippen LogP contribution in [0, 0.1) is 0 Å². The summed E-state index contributed by atoms with van der Waals surface area (Å²) in [7, 11) is -0.769. The summed E-state index contributed by atoms with van der Waals surface area (Å²) >= 11 is 4.82. The first-order valence-corrected chi connectivity index (χ1v) is 11.5. The minimum absolute atomic E-state index is 0.0533. The molecule has 1 amide bonds. The van der Waals surface area contributed by atoms with Crippen molar-refractivity contribution in [2.45, 2.75) is 10.9 Å². The average molecular weight is 479 g/mol. The second-order valence-corrected chi connectivity index (χ2v) is 10.2. The smallest absolute Gasteiger partial charge is 0.252 e. The topological polar surface area (TPSA) is 66.5 Å². The van der Waals surface area contributed by atoms with Crippen molar-refractivity contribution in [3.8, 4) is 0 Å². The maximum absolute atomic E-state index is 13.0. The van der Waals surface area contributed by atoms with Gasteiger partial charge in [-0.1, -0.05) is 36.4 Å². The third-order valence-electron chi connectivity index (χ3n) is 4.19. The highest BCUT2D eigenvalue weighted by molar-refractivity contribution is 9.10. The molecular weight excluding hydrogens is 460 g/mol. The van der Waals surface area contributed by atoms with E-state index in [1.165, 1.54) is 20.2 Å². The highest BCUT2D eigenvalue weighted by Crippen LogP contribution is 2.28. The molecule has 28 heavy (non-hydrogen) atoms. The van der Waals surface area contributed by atoms with Crippen LogP contribution in [-0.4, -0.2) is 32.7 Å². The number of nitrogens with one attached hydrogen (secondary N) is 1. The summed E-state index contributed by atoms with van der Waals surface area (Å²) in [6.45, 7) is 0. The number of hydrogen-bond acceptors (Lipinski definition) is 4. The molecule has 1 heterocycles. The number of thiophene rings is 1. The fraction of sp³-hybridized carbons (Fsp3) is 0.150. The van der Waals surface area contributed by atoms with Crippen molar-refractivity contribution in [3.05, 3.63) is 86.5 Å². The summed E-state index contributed by atoms with van der Waals surface area (Å²) in [6.07, 6.45) is 0. The van der Waals surface area contributed by atoms with Gasteiger partial charge in [0.05, 0.1) is 10.9 Å². The lowest BCUT2D eigenvalue weighted by Crippen LogP contribution is -2.29. The molecule has 8 heteroatoms. The summed E-state index contributed by atoms with van der Waals surface area (Å²) in [5, 5.41) is 4.98. The molecule has 0 aliphatic heterocycles. The lowest BCUT2D eigenvalue weighted by molar-refractivity contribution is 0.0943. The number of halogens is 1. The van der Waals surface area contributed by atoms with Gasteiger partial charge in [0.1, 0.15) is 0 Å². The number of amides is 1. The van der Waals surface area contributed by atoms with Gasteiger partial charge in [-0.2, -0.15) is 0 Å². The number of rotatable bonds is 6. The number of benzene rings is 2. The van der Waals surface area contributed by atoms with E-state index in [0.29, 0.717) is 4.47 Å². The first-order valence-electron chi connectivity index (χ1n) is 8.42. The molecule has 0 saturated heterocycles. The molecule has 146 valence electrons. The van der Waals surface area contributed by atoms with Gasteiger partial charge in [-0.3, -0.25) is 4.79 Å². The van der Waals surface area contributed by atoms with Gasteiger partial charge in [-0.05, 0) is 51.1 Å². The van der Waals surface area contributed by atoms with E-state index in [2.05, 4.69) is 21.2 Å². The van der Waals surface area contributed by atoms with E-state index >= 15 is 0 Å². The van der Waals surface area contributed by atoms with Gasteiger partial charge in [0.25, 0.3) is 5.91 Å².